The van der Waals surface area contributed by atoms with E-state index in [2.05, 4.69) is 13.8 Å². The first-order chi connectivity index (χ1) is 16.1. The van der Waals surface area contributed by atoms with Gasteiger partial charge in [0.15, 0.2) is 0 Å². The Morgan fingerprint density at radius 1 is 1.00 bits per heavy atom. The zero-order valence-corrected chi connectivity index (χ0v) is 21.3. The fraction of sp³-hybridized carbons (Fsp3) is 0.966. The first-order valence-corrected chi connectivity index (χ1v) is 14.6. The van der Waals surface area contributed by atoms with Gasteiger partial charge in [-0.2, -0.15) is 0 Å². The standard InChI is InChI=1S/C29H47NO3/c1-3-21-20-29-24-11-10-22(8-5-7-17-33-26(31)30-15-18-32-19-16-30)27(24,2)14-12-25(29)28(29)13-6-4-9-23(21)28/h21-25H,3-20H2,1-2H3/t21-,22?,23?,24?,25+,27?,28?,29?/m0/s1. The molecule has 1 aliphatic heterocycles. The second-order valence-corrected chi connectivity index (χ2v) is 12.9. The van der Waals surface area contributed by atoms with Crippen LogP contribution < -0.4 is 0 Å². The van der Waals surface area contributed by atoms with Crippen LogP contribution in [0, 0.1) is 45.8 Å². The van der Waals surface area contributed by atoms with E-state index in [9.17, 15) is 4.79 Å². The monoisotopic (exact) mass is 457 g/mol. The molecule has 0 aromatic rings. The van der Waals surface area contributed by atoms with Crippen molar-refractivity contribution in [2.75, 3.05) is 32.9 Å². The van der Waals surface area contributed by atoms with Crippen LogP contribution in [0.5, 0.6) is 0 Å². The van der Waals surface area contributed by atoms with Crippen LogP contribution >= 0.6 is 0 Å². The number of carbonyl (C=O) groups excluding carboxylic acids is 1. The number of unbranched alkanes of at least 4 members (excludes halogenated alkanes) is 1. The molecule has 33 heavy (non-hydrogen) atoms. The van der Waals surface area contributed by atoms with Crippen molar-refractivity contribution in [3.8, 4) is 0 Å². The molecule has 1 amide bonds. The van der Waals surface area contributed by atoms with Crippen LogP contribution in [0.3, 0.4) is 0 Å². The molecule has 186 valence electrons. The lowest BCUT2D eigenvalue weighted by atomic mass is 9.59. The number of fused-ring (bicyclic) bond motifs is 1. The molecule has 0 aromatic carbocycles. The average molecular weight is 458 g/mol. The molecule has 6 rings (SSSR count). The highest BCUT2D eigenvalue weighted by molar-refractivity contribution is 5.67. The Labute approximate surface area is 201 Å². The van der Waals surface area contributed by atoms with E-state index < -0.39 is 0 Å². The molecule has 4 nitrogen and oxygen atoms in total. The molecule has 0 N–H and O–H groups in total. The summed E-state index contributed by atoms with van der Waals surface area (Å²) in [6, 6.07) is 0. The van der Waals surface area contributed by atoms with Crippen LogP contribution in [-0.4, -0.2) is 43.9 Å². The highest BCUT2D eigenvalue weighted by atomic mass is 16.6. The first-order valence-electron chi connectivity index (χ1n) is 14.6. The number of rotatable bonds is 6. The maximum absolute atomic E-state index is 12.2. The van der Waals surface area contributed by atoms with Gasteiger partial charge in [0.2, 0.25) is 0 Å². The van der Waals surface area contributed by atoms with E-state index in [1.807, 2.05) is 0 Å². The van der Waals surface area contributed by atoms with Crippen LogP contribution in [0.1, 0.15) is 97.3 Å². The van der Waals surface area contributed by atoms with Crippen molar-refractivity contribution in [1.82, 2.24) is 4.90 Å². The summed E-state index contributed by atoms with van der Waals surface area (Å²) in [4.78, 5) is 14.0. The molecule has 2 spiro atoms. The Balaban J connectivity index is 1.05. The van der Waals surface area contributed by atoms with Gasteiger partial charge < -0.3 is 14.4 Å². The summed E-state index contributed by atoms with van der Waals surface area (Å²) in [5.41, 5.74) is 2.10. The minimum absolute atomic E-state index is 0.142. The summed E-state index contributed by atoms with van der Waals surface area (Å²) in [6.07, 6.45) is 18.6. The number of hydrogen-bond donors (Lipinski definition) is 0. The number of amides is 1. The minimum Gasteiger partial charge on any atom is -0.449 e. The molecule has 8 atom stereocenters. The first kappa shape index (κ1) is 22.7. The number of nitrogens with zero attached hydrogens (tertiary/aromatic N) is 1. The van der Waals surface area contributed by atoms with Crippen molar-refractivity contribution in [2.24, 2.45) is 45.8 Å². The lowest BCUT2D eigenvalue weighted by Gasteiger charge is -2.46. The van der Waals surface area contributed by atoms with Gasteiger partial charge in [-0.15, -0.1) is 0 Å². The normalized spacial score (nSPS) is 47.9. The third-order valence-corrected chi connectivity index (χ3v) is 12.3. The van der Waals surface area contributed by atoms with Crippen molar-refractivity contribution in [2.45, 2.75) is 97.3 Å². The lowest BCUT2D eigenvalue weighted by molar-refractivity contribution is 0.0229. The van der Waals surface area contributed by atoms with Crippen molar-refractivity contribution in [1.29, 1.82) is 0 Å². The molecule has 4 heteroatoms. The Kier molecular flexibility index (Phi) is 5.78. The van der Waals surface area contributed by atoms with Crippen molar-refractivity contribution in [3.63, 3.8) is 0 Å². The fourth-order valence-electron chi connectivity index (χ4n) is 11.2. The van der Waals surface area contributed by atoms with Gasteiger partial charge in [0.05, 0.1) is 19.8 Å². The maximum Gasteiger partial charge on any atom is 0.409 e. The highest BCUT2D eigenvalue weighted by Crippen LogP contribution is 2.92. The number of hydrogen-bond acceptors (Lipinski definition) is 3. The summed E-state index contributed by atoms with van der Waals surface area (Å²) in [6.45, 7) is 8.39. The fourth-order valence-corrected chi connectivity index (χ4v) is 11.2. The van der Waals surface area contributed by atoms with Gasteiger partial charge in [0.1, 0.15) is 0 Å². The average Bonchev–Trinajstić information content (AvgIpc) is 3.08. The van der Waals surface area contributed by atoms with E-state index >= 15 is 0 Å². The Morgan fingerprint density at radius 2 is 1.85 bits per heavy atom. The van der Waals surface area contributed by atoms with Crippen LogP contribution in [0.25, 0.3) is 0 Å². The lowest BCUT2D eigenvalue weighted by Crippen LogP contribution is -2.41. The van der Waals surface area contributed by atoms with E-state index in [1.165, 1.54) is 57.8 Å². The van der Waals surface area contributed by atoms with Crippen LogP contribution in [-0.2, 0) is 9.47 Å². The van der Waals surface area contributed by atoms with E-state index in [-0.39, 0.29) is 6.09 Å². The van der Waals surface area contributed by atoms with Gasteiger partial charge in [-0.1, -0.05) is 33.1 Å². The smallest absolute Gasteiger partial charge is 0.409 e. The van der Waals surface area contributed by atoms with Crippen LogP contribution in [0.15, 0.2) is 0 Å². The van der Waals surface area contributed by atoms with Crippen LogP contribution in [0.4, 0.5) is 4.79 Å². The van der Waals surface area contributed by atoms with E-state index in [0.717, 1.165) is 46.8 Å². The summed E-state index contributed by atoms with van der Waals surface area (Å²) < 4.78 is 10.9. The van der Waals surface area contributed by atoms with Gasteiger partial charge in [0.25, 0.3) is 0 Å². The molecule has 1 heterocycles. The van der Waals surface area contributed by atoms with Gasteiger partial charge in [-0.25, -0.2) is 4.79 Å². The molecule has 6 fully saturated rings. The second kappa shape index (κ2) is 8.42. The molecule has 5 aliphatic carbocycles. The molecular weight excluding hydrogens is 410 g/mol. The Hall–Kier alpha value is -0.770. The zero-order valence-electron chi connectivity index (χ0n) is 21.3. The van der Waals surface area contributed by atoms with E-state index in [4.69, 9.17) is 9.47 Å². The Morgan fingerprint density at radius 3 is 2.67 bits per heavy atom. The highest BCUT2D eigenvalue weighted by Gasteiger charge is 2.86. The minimum atomic E-state index is -0.142. The third-order valence-electron chi connectivity index (χ3n) is 12.3. The van der Waals surface area contributed by atoms with Crippen molar-refractivity contribution >= 4 is 6.09 Å². The molecule has 6 aliphatic rings. The van der Waals surface area contributed by atoms with Gasteiger partial charge >= 0.3 is 6.09 Å². The van der Waals surface area contributed by atoms with Gasteiger partial charge in [-0.05, 0) is 110 Å². The molecule has 0 bridgehead atoms. The van der Waals surface area contributed by atoms with E-state index in [0.29, 0.717) is 38.3 Å². The predicted molar refractivity (Wildman–Crippen MR) is 130 cm³/mol. The molecule has 6 unspecified atom stereocenters. The van der Waals surface area contributed by atoms with Crippen LogP contribution in [0.2, 0.25) is 0 Å². The summed E-state index contributed by atoms with van der Waals surface area (Å²) >= 11 is 0. The number of carbonyl (C=O) groups is 1. The zero-order chi connectivity index (χ0) is 22.7. The predicted octanol–water partition coefficient (Wildman–Crippen LogP) is 6.67. The van der Waals surface area contributed by atoms with Crippen molar-refractivity contribution < 1.29 is 14.3 Å². The van der Waals surface area contributed by atoms with Gasteiger partial charge in [-0.3, -0.25) is 0 Å². The second-order valence-electron chi connectivity index (χ2n) is 12.9. The molecule has 0 radical (unpaired) electrons. The van der Waals surface area contributed by atoms with E-state index in [1.54, 1.807) is 24.2 Å². The topological polar surface area (TPSA) is 38.8 Å². The number of morpholine rings is 1. The molecule has 0 aromatic heterocycles. The summed E-state index contributed by atoms with van der Waals surface area (Å²) in [5.74, 6) is 5.10. The quantitative estimate of drug-likeness (QED) is 0.418. The SMILES string of the molecule is CC[C@H]1CC23C4CCC(CCCCOC(=O)N5CCOCC5)C4(C)CC[C@@H]2C32CCCCC12. The maximum atomic E-state index is 12.2. The van der Waals surface area contributed by atoms with Crippen molar-refractivity contribution in [3.05, 3.63) is 0 Å². The molecular formula is C29H47NO3. The Bertz CT molecular complexity index is 749. The third kappa shape index (κ3) is 3.14. The largest absolute Gasteiger partial charge is 0.449 e. The summed E-state index contributed by atoms with van der Waals surface area (Å²) in [7, 11) is 0. The molecule has 1 saturated heterocycles. The summed E-state index contributed by atoms with van der Waals surface area (Å²) in [5, 5.41) is 0. The molecule has 5 saturated carbocycles. The van der Waals surface area contributed by atoms with Gasteiger partial charge in [0, 0.05) is 13.1 Å². The number of ether oxygens (including phenoxy) is 2.